The van der Waals surface area contributed by atoms with Gasteiger partial charge >= 0.3 is 5.92 Å². The highest BCUT2D eigenvalue weighted by Crippen LogP contribution is 2.38. The zero-order valence-electron chi connectivity index (χ0n) is 7.59. The number of rotatable bonds is 1. The minimum atomic E-state index is -3.19. The zero-order chi connectivity index (χ0) is 9.64. The van der Waals surface area contributed by atoms with Crippen molar-refractivity contribution in [2.75, 3.05) is 6.54 Å². The van der Waals surface area contributed by atoms with Gasteiger partial charge in [0.15, 0.2) is 0 Å². The number of nitrogens with zero attached hydrogens (tertiary/aromatic N) is 1. The van der Waals surface area contributed by atoms with E-state index < -0.39 is 11.8 Å². The predicted octanol–water partition coefficient (Wildman–Crippen LogP) is 1.65. The second-order valence-corrected chi connectivity index (χ2v) is 4.18. The van der Waals surface area contributed by atoms with Crippen molar-refractivity contribution in [2.45, 2.75) is 38.2 Å². The van der Waals surface area contributed by atoms with Crippen LogP contribution in [0.4, 0.5) is 8.78 Å². The Labute approximate surface area is 75.9 Å². The fourth-order valence-corrected chi connectivity index (χ4v) is 2.43. The lowest BCUT2D eigenvalue weighted by molar-refractivity contribution is -0.156. The van der Waals surface area contributed by atoms with Crippen molar-refractivity contribution in [1.82, 2.24) is 4.90 Å². The Morgan fingerprint density at radius 3 is 2.54 bits per heavy atom. The van der Waals surface area contributed by atoms with Crippen LogP contribution in [0, 0.1) is 5.92 Å². The number of alkyl halides is 2. The van der Waals surface area contributed by atoms with Gasteiger partial charge in [-0.3, -0.25) is 4.79 Å². The molecule has 4 heteroatoms. The molecule has 2 aliphatic rings. The topological polar surface area (TPSA) is 20.3 Å². The van der Waals surface area contributed by atoms with Crippen LogP contribution in [0.2, 0.25) is 0 Å². The van der Waals surface area contributed by atoms with Crippen LogP contribution in [0.3, 0.4) is 0 Å². The number of likely N-dealkylation sites (tertiary alicyclic amines) is 1. The van der Waals surface area contributed by atoms with Crippen LogP contribution < -0.4 is 0 Å². The number of amides is 1. The summed E-state index contributed by atoms with van der Waals surface area (Å²) in [6.45, 7) is 1.23. The number of hydrogen-bond donors (Lipinski definition) is 0. The summed E-state index contributed by atoms with van der Waals surface area (Å²) in [5.41, 5.74) is 0. The summed E-state index contributed by atoms with van der Waals surface area (Å²) in [7, 11) is 0. The van der Waals surface area contributed by atoms with Crippen LogP contribution in [0.15, 0.2) is 0 Å². The Morgan fingerprint density at radius 2 is 2.15 bits per heavy atom. The van der Waals surface area contributed by atoms with Crippen molar-refractivity contribution in [1.29, 1.82) is 0 Å². The first-order valence-corrected chi connectivity index (χ1v) is 4.67. The van der Waals surface area contributed by atoms with Crippen LogP contribution in [0.1, 0.15) is 26.2 Å². The normalized spacial score (nSPS) is 32.7. The molecular weight excluding hydrogens is 176 g/mol. The van der Waals surface area contributed by atoms with Gasteiger partial charge in [0, 0.05) is 19.5 Å². The number of halogens is 2. The highest BCUT2D eigenvalue weighted by atomic mass is 19.3. The van der Waals surface area contributed by atoms with Crippen LogP contribution in [0.25, 0.3) is 0 Å². The standard InChI is InChI=1S/C9H13F2NO/c1-9(10,11)8(13)12-5-6-2-3-7(12)4-6/h6-7H,2-5H2,1H3. The van der Waals surface area contributed by atoms with E-state index in [0.29, 0.717) is 19.4 Å². The first kappa shape index (κ1) is 8.91. The number of hydrogen-bond acceptors (Lipinski definition) is 1. The van der Waals surface area contributed by atoms with Crippen LogP contribution >= 0.6 is 0 Å². The fraction of sp³-hybridized carbons (Fsp3) is 0.889. The lowest BCUT2D eigenvalue weighted by Gasteiger charge is -2.29. The van der Waals surface area contributed by atoms with E-state index in [1.54, 1.807) is 0 Å². The molecule has 0 N–H and O–H groups in total. The van der Waals surface area contributed by atoms with Crippen LogP contribution in [-0.2, 0) is 4.79 Å². The molecule has 1 amide bonds. The summed E-state index contributed by atoms with van der Waals surface area (Å²) in [6, 6.07) is 0.100. The molecule has 0 spiro atoms. The molecule has 0 aromatic rings. The molecule has 2 rings (SSSR count). The zero-order valence-corrected chi connectivity index (χ0v) is 7.59. The van der Waals surface area contributed by atoms with Gasteiger partial charge in [-0.1, -0.05) is 0 Å². The Morgan fingerprint density at radius 1 is 1.46 bits per heavy atom. The second-order valence-electron chi connectivity index (χ2n) is 4.18. The van der Waals surface area contributed by atoms with E-state index in [2.05, 4.69) is 0 Å². The van der Waals surface area contributed by atoms with E-state index in [0.717, 1.165) is 19.3 Å². The molecule has 1 saturated carbocycles. The van der Waals surface area contributed by atoms with E-state index in [1.807, 2.05) is 0 Å². The third-order valence-electron chi connectivity index (χ3n) is 3.05. The van der Waals surface area contributed by atoms with Gasteiger partial charge in [-0.15, -0.1) is 0 Å². The van der Waals surface area contributed by atoms with E-state index in [1.165, 1.54) is 4.90 Å². The lowest BCUT2D eigenvalue weighted by Crippen LogP contribution is -2.45. The average molecular weight is 189 g/mol. The van der Waals surface area contributed by atoms with E-state index in [9.17, 15) is 13.6 Å². The molecule has 0 radical (unpaired) electrons. The number of fused-ring (bicyclic) bond motifs is 2. The van der Waals surface area contributed by atoms with E-state index >= 15 is 0 Å². The minimum Gasteiger partial charge on any atom is -0.334 e. The van der Waals surface area contributed by atoms with Crippen molar-refractivity contribution in [2.24, 2.45) is 5.92 Å². The molecule has 74 valence electrons. The van der Waals surface area contributed by atoms with Crippen LogP contribution in [-0.4, -0.2) is 29.3 Å². The van der Waals surface area contributed by atoms with E-state index in [-0.39, 0.29) is 6.04 Å². The molecule has 1 heterocycles. The van der Waals surface area contributed by atoms with Crippen molar-refractivity contribution in [3.05, 3.63) is 0 Å². The average Bonchev–Trinajstić information content (AvgIpc) is 2.60. The molecule has 1 aliphatic heterocycles. The summed E-state index contributed by atoms with van der Waals surface area (Å²) < 4.78 is 25.4. The largest absolute Gasteiger partial charge is 0.334 e. The molecule has 0 aromatic heterocycles. The summed E-state index contributed by atoms with van der Waals surface area (Å²) in [5.74, 6) is -3.69. The van der Waals surface area contributed by atoms with Gasteiger partial charge in [0.1, 0.15) is 0 Å². The molecule has 13 heavy (non-hydrogen) atoms. The molecule has 2 nitrogen and oxygen atoms in total. The summed E-state index contributed by atoms with van der Waals surface area (Å²) in [5, 5.41) is 0. The van der Waals surface area contributed by atoms with E-state index in [4.69, 9.17) is 0 Å². The van der Waals surface area contributed by atoms with Crippen molar-refractivity contribution < 1.29 is 13.6 Å². The van der Waals surface area contributed by atoms with Gasteiger partial charge in [0.05, 0.1) is 0 Å². The van der Waals surface area contributed by atoms with Gasteiger partial charge in [-0.2, -0.15) is 8.78 Å². The molecule has 0 aromatic carbocycles. The lowest BCUT2D eigenvalue weighted by atomic mass is 10.1. The molecular formula is C9H13F2NO. The highest BCUT2D eigenvalue weighted by Gasteiger charge is 2.46. The van der Waals surface area contributed by atoms with Crippen molar-refractivity contribution >= 4 is 5.91 Å². The maximum Gasteiger partial charge on any atom is 0.322 e. The van der Waals surface area contributed by atoms with Crippen molar-refractivity contribution in [3.8, 4) is 0 Å². The first-order chi connectivity index (χ1) is 5.98. The van der Waals surface area contributed by atoms with Gasteiger partial charge in [-0.25, -0.2) is 0 Å². The van der Waals surface area contributed by atoms with Gasteiger partial charge < -0.3 is 4.90 Å². The molecule has 2 fully saturated rings. The smallest absolute Gasteiger partial charge is 0.322 e. The number of piperidine rings is 1. The Bertz CT molecular complexity index is 236. The third-order valence-corrected chi connectivity index (χ3v) is 3.05. The van der Waals surface area contributed by atoms with Gasteiger partial charge in [-0.05, 0) is 25.2 Å². The Hall–Kier alpha value is -0.670. The monoisotopic (exact) mass is 189 g/mol. The van der Waals surface area contributed by atoms with Gasteiger partial charge in [0.2, 0.25) is 0 Å². The quantitative estimate of drug-likeness (QED) is 0.614. The van der Waals surface area contributed by atoms with Gasteiger partial charge in [0.25, 0.3) is 5.91 Å². The Kier molecular flexibility index (Phi) is 1.82. The fourth-order valence-electron chi connectivity index (χ4n) is 2.43. The molecule has 1 saturated heterocycles. The molecule has 2 bridgehead atoms. The SMILES string of the molecule is CC(F)(F)C(=O)N1CC2CCC1C2. The maximum absolute atomic E-state index is 12.7. The molecule has 2 atom stereocenters. The predicted molar refractivity (Wildman–Crippen MR) is 43.5 cm³/mol. The van der Waals surface area contributed by atoms with Crippen molar-refractivity contribution in [3.63, 3.8) is 0 Å². The second kappa shape index (κ2) is 2.66. The summed E-state index contributed by atoms with van der Waals surface area (Å²) in [6.07, 6.45) is 2.94. The molecule has 1 aliphatic carbocycles. The Balaban J connectivity index is 2.07. The summed E-state index contributed by atoms with van der Waals surface area (Å²) >= 11 is 0. The first-order valence-electron chi connectivity index (χ1n) is 4.67. The third kappa shape index (κ3) is 1.42. The maximum atomic E-state index is 12.7. The molecule has 2 unspecified atom stereocenters. The van der Waals surface area contributed by atoms with Crippen LogP contribution in [0.5, 0.6) is 0 Å². The minimum absolute atomic E-state index is 0.100. The summed E-state index contributed by atoms with van der Waals surface area (Å²) in [4.78, 5) is 12.6. The highest BCUT2D eigenvalue weighted by molar-refractivity contribution is 5.83. The number of carbonyl (C=O) groups is 1. The number of carbonyl (C=O) groups excluding carboxylic acids is 1.